The summed E-state index contributed by atoms with van der Waals surface area (Å²) in [7, 11) is 0. The lowest BCUT2D eigenvalue weighted by Gasteiger charge is -2.11. The third-order valence-corrected chi connectivity index (χ3v) is 4.29. The molecule has 0 fully saturated rings. The lowest BCUT2D eigenvalue weighted by molar-refractivity contribution is -0.137. The molecular formula is C21H18ClF3N4O. The molecule has 5 nitrogen and oxygen atoms in total. The van der Waals surface area contributed by atoms with Crippen LogP contribution < -0.4 is 16.0 Å². The molecule has 0 aliphatic heterocycles. The number of hydrogen-bond acceptors (Lipinski definition) is 4. The van der Waals surface area contributed by atoms with Gasteiger partial charge in [0.25, 0.3) is 0 Å². The molecular weight excluding hydrogens is 417 g/mol. The lowest BCUT2D eigenvalue weighted by atomic mass is 10.2. The maximum atomic E-state index is 12.8. The predicted octanol–water partition coefficient (Wildman–Crippen LogP) is 5.23. The van der Waals surface area contributed by atoms with Crippen LogP contribution in [0.15, 0.2) is 66.9 Å². The van der Waals surface area contributed by atoms with Crippen LogP contribution in [0.5, 0.6) is 0 Å². The van der Waals surface area contributed by atoms with Crippen molar-refractivity contribution in [2.45, 2.75) is 12.7 Å². The molecule has 3 N–H and O–H groups in total. The Kier molecular flexibility index (Phi) is 6.91. The molecule has 0 saturated carbocycles. The van der Waals surface area contributed by atoms with Crippen molar-refractivity contribution in [2.75, 3.05) is 17.2 Å². The number of nitrogens with one attached hydrogen (secondary N) is 3. The number of amides is 1. The SMILES string of the molecule is O=C(CNCc1ccc(Cl)cc1)Nc1ccc(Nc2cccc(C(F)(F)F)c2)nc1. The Bertz CT molecular complexity index is 992. The first kappa shape index (κ1) is 21.6. The second-order valence-corrected chi connectivity index (χ2v) is 6.85. The van der Waals surface area contributed by atoms with Gasteiger partial charge in [0.15, 0.2) is 0 Å². The highest BCUT2D eigenvalue weighted by atomic mass is 35.5. The number of pyridine rings is 1. The minimum atomic E-state index is -4.42. The summed E-state index contributed by atoms with van der Waals surface area (Å²) >= 11 is 5.83. The minimum Gasteiger partial charge on any atom is -0.340 e. The fourth-order valence-electron chi connectivity index (χ4n) is 2.59. The second-order valence-electron chi connectivity index (χ2n) is 6.41. The van der Waals surface area contributed by atoms with Crippen LogP contribution in [0, 0.1) is 0 Å². The van der Waals surface area contributed by atoms with Gasteiger partial charge in [0.05, 0.1) is 24.0 Å². The van der Waals surface area contributed by atoms with Gasteiger partial charge < -0.3 is 16.0 Å². The van der Waals surface area contributed by atoms with Crippen molar-refractivity contribution in [2.24, 2.45) is 0 Å². The van der Waals surface area contributed by atoms with Crippen LogP contribution in [0.2, 0.25) is 5.02 Å². The average Bonchev–Trinajstić information content (AvgIpc) is 2.71. The zero-order valence-corrected chi connectivity index (χ0v) is 16.4. The fourth-order valence-corrected chi connectivity index (χ4v) is 2.72. The first-order valence-corrected chi connectivity index (χ1v) is 9.33. The number of carbonyl (C=O) groups excluding carboxylic acids is 1. The van der Waals surface area contributed by atoms with Crippen molar-refractivity contribution >= 4 is 34.7 Å². The first-order valence-electron chi connectivity index (χ1n) is 8.95. The van der Waals surface area contributed by atoms with Crippen molar-refractivity contribution in [1.82, 2.24) is 10.3 Å². The Hall–Kier alpha value is -3.10. The maximum absolute atomic E-state index is 12.8. The summed E-state index contributed by atoms with van der Waals surface area (Å²) in [6.45, 7) is 0.621. The largest absolute Gasteiger partial charge is 0.416 e. The van der Waals surface area contributed by atoms with Gasteiger partial charge in [-0.15, -0.1) is 0 Å². The molecule has 1 amide bonds. The van der Waals surface area contributed by atoms with Gasteiger partial charge in [-0.05, 0) is 48.0 Å². The maximum Gasteiger partial charge on any atom is 0.416 e. The summed E-state index contributed by atoms with van der Waals surface area (Å²) in [4.78, 5) is 16.1. The number of nitrogens with zero attached hydrogens (tertiary/aromatic N) is 1. The normalized spacial score (nSPS) is 11.2. The van der Waals surface area contributed by atoms with Crippen LogP contribution >= 0.6 is 11.6 Å². The summed E-state index contributed by atoms with van der Waals surface area (Å²) in [5.41, 5.74) is 0.991. The molecule has 0 spiro atoms. The lowest BCUT2D eigenvalue weighted by Crippen LogP contribution is -2.27. The molecule has 0 aliphatic rings. The van der Waals surface area contributed by atoms with Crippen LogP contribution in [0.25, 0.3) is 0 Å². The summed E-state index contributed by atoms with van der Waals surface area (Å²) in [5, 5.41) is 9.17. The number of alkyl halides is 3. The third-order valence-electron chi connectivity index (χ3n) is 4.04. The van der Waals surface area contributed by atoms with E-state index in [2.05, 4.69) is 20.9 Å². The van der Waals surface area contributed by atoms with E-state index in [9.17, 15) is 18.0 Å². The minimum absolute atomic E-state index is 0.104. The number of anilines is 3. The average molecular weight is 435 g/mol. The Morgan fingerprint density at radius 3 is 2.43 bits per heavy atom. The number of benzene rings is 2. The Balaban J connectivity index is 1.49. The zero-order chi connectivity index (χ0) is 21.6. The second kappa shape index (κ2) is 9.60. The van der Waals surface area contributed by atoms with Gasteiger partial charge in [0, 0.05) is 17.3 Å². The highest BCUT2D eigenvalue weighted by Crippen LogP contribution is 2.31. The van der Waals surface area contributed by atoms with E-state index in [-0.39, 0.29) is 18.1 Å². The van der Waals surface area contributed by atoms with E-state index < -0.39 is 11.7 Å². The van der Waals surface area contributed by atoms with Gasteiger partial charge in [0.2, 0.25) is 5.91 Å². The van der Waals surface area contributed by atoms with E-state index in [4.69, 9.17) is 11.6 Å². The molecule has 9 heteroatoms. The van der Waals surface area contributed by atoms with Gasteiger partial charge in [-0.1, -0.05) is 29.8 Å². The highest BCUT2D eigenvalue weighted by molar-refractivity contribution is 6.30. The number of halogens is 4. The van der Waals surface area contributed by atoms with Gasteiger partial charge >= 0.3 is 6.18 Å². The van der Waals surface area contributed by atoms with Crippen molar-refractivity contribution in [1.29, 1.82) is 0 Å². The number of carbonyl (C=O) groups is 1. The number of rotatable bonds is 7. The van der Waals surface area contributed by atoms with E-state index in [1.807, 2.05) is 12.1 Å². The van der Waals surface area contributed by atoms with Gasteiger partial charge in [-0.3, -0.25) is 4.79 Å². The molecule has 0 unspecified atom stereocenters. The van der Waals surface area contributed by atoms with E-state index in [0.29, 0.717) is 23.1 Å². The smallest absolute Gasteiger partial charge is 0.340 e. The summed E-state index contributed by atoms with van der Waals surface area (Å²) in [5.74, 6) is 0.109. The molecule has 0 atom stereocenters. The molecule has 0 radical (unpaired) electrons. The Labute approximate surface area is 176 Å². The number of aromatic nitrogens is 1. The molecule has 30 heavy (non-hydrogen) atoms. The monoisotopic (exact) mass is 434 g/mol. The van der Waals surface area contributed by atoms with Crippen molar-refractivity contribution in [3.63, 3.8) is 0 Å². The fraction of sp³-hybridized carbons (Fsp3) is 0.143. The van der Waals surface area contributed by atoms with Crippen LogP contribution in [0.1, 0.15) is 11.1 Å². The van der Waals surface area contributed by atoms with E-state index in [0.717, 1.165) is 17.7 Å². The standard InChI is InChI=1S/C21H18ClF3N4O/c22-16-6-4-14(5-7-16)11-26-13-20(30)29-18-8-9-19(27-12-18)28-17-3-1-2-15(10-17)21(23,24)25/h1-10,12,26H,11,13H2,(H,27,28)(H,29,30). The van der Waals surface area contributed by atoms with E-state index in [1.165, 1.54) is 18.3 Å². The molecule has 156 valence electrons. The van der Waals surface area contributed by atoms with Gasteiger partial charge in [-0.2, -0.15) is 13.2 Å². The van der Waals surface area contributed by atoms with Crippen LogP contribution in [-0.2, 0) is 17.5 Å². The quantitative estimate of drug-likeness (QED) is 0.476. The van der Waals surface area contributed by atoms with Crippen molar-refractivity contribution < 1.29 is 18.0 Å². The van der Waals surface area contributed by atoms with Crippen LogP contribution in [0.4, 0.5) is 30.4 Å². The van der Waals surface area contributed by atoms with Gasteiger partial charge in [0.1, 0.15) is 5.82 Å². The molecule has 0 aliphatic carbocycles. The van der Waals surface area contributed by atoms with Crippen molar-refractivity contribution in [3.8, 4) is 0 Å². The summed E-state index contributed by atoms with van der Waals surface area (Å²) in [6.07, 6.45) is -2.99. The summed E-state index contributed by atoms with van der Waals surface area (Å²) in [6, 6.07) is 15.3. The van der Waals surface area contributed by atoms with Crippen molar-refractivity contribution in [3.05, 3.63) is 83.0 Å². The van der Waals surface area contributed by atoms with E-state index in [1.54, 1.807) is 24.3 Å². The molecule has 1 heterocycles. The molecule has 3 rings (SSSR count). The zero-order valence-electron chi connectivity index (χ0n) is 15.6. The van der Waals surface area contributed by atoms with Crippen LogP contribution in [0.3, 0.4) is 0 Å². The molecule has 2 aromatic carbocycles. The Morgan fingerprint density at radius 2 is 1.77 bits per heavy atom. The third kappa shape index (κ3) is 6.47. The molecule has 1 aromatic heterocycles. The number of hydrogen-bond donors (Lipinski definition) is 3. The topological polar surface area (TPSA) is 66.1 Å². The molecule has 0 saturated heterocycles. The molecule has 0 bridgehead atoms. The molecule has 3 aromatic rings. The van der Waals surface area contributed by atoms with E-state index >= 15 is 0 Å². The predicted molar refractivity (Wildman–Crippen MR) is 111 cm³/mol. The first-order chi connectivity index (χ1) is 14.3. The van der Waals surface area contributed by atoms with Gasteiger partial charge in [-0.25, -0.2) is 4.98 Å². The van der Waals surface area contributed by atoms with Crippen LogP contribution in [-0.4, -0.2) is 17.4 Å². The highest BCUT2D eigenvalue weighted by Gasteiger charge is 2.30. The Morgan fingerprint density at radius 1 is 1.00 bits per heavy atom. The summed E-state index contributed by atoms with van der Waals surface area (Å²) < 4.78 is 38.4.